The summed E-state index contributed by atoms with van der Waals surface area (Å²) in [6.45, 7) is 8.79. The molecule has 0 saturated heterocycles. The molecule has 0 aromatic carbocycles. The summed E-state index contributed by atoms with van der Waals surface area (Å²) in [5.41, 5.74) is 0.609. The smallest absolute Gasteiger partial charge is 0.0959 e. The van der Waals surface area contributed by atoms with Gasteiger partial charge in [-0.1, -0.05) is 26.7 Å². The quantitative estimate of drug-likeness (QED) is 0.839. The van der Waals surface area contributed by atoms with Crippen LogP contribution in [0.5, 0.6) is 0 Å². The molecule has 1 aliphatic carbocycles. The molecule has 0 spiro atoms. The topological polar surface area (TPSA) is 33.1 Å². The van der Waals surface area contributed by atoms with E-state index in [1.54, 1.807) is 11.3 Å². The van der Waals surface area contributed by atoms with Crippen molar-refractivity contribution in [2.75, 3.05) is 0 Å². The molecule has 3 heteroatoms. The van der Waals surface area contributed by atoms with Gasteiger partial charge in [0.05, 0.1) is 16.3 Å². The Balaban J connectivity index is 2.02. The lowest BCUT2D eigenvalue weighted by Gasteiger charge is -2.26. The van der Waals surface area contributed by atoms with Crippen molar-refractivity contribution in [1.82, 2.24) is 4.98 Å². The lowest BCUT2D eigenvalue weighted by molar-refractivity contribution is 0.0236. The van der Waals surface area contributed by atoms with E-state index in [1.165, 1.54) is 11.3 Å². The largest absolute Gasteiger partial charge is 0.389 e. The first-order valence-electron chi connectivity index (χ1n) is 7.55. The maximum atomic E-state index is 10.9. The number of hydrogen-bond donors (Lipinski definition) is 1. The molecule has 1 saturated carbocycles. The molecule has 2 atom stereocenters. The minimum absolute atomic E-state index is 0.514. The number of aromatic nitrogens is 1. The predicted octanol–water partition coefficient (Wildman–Crippen LogP) is 4.27. The number of nitrogens with zero attached hydrogens (tertiary/aromatic N) is 1. The monoisotopic (exact) mass is 281 g/mol. The van der Waals surface area contributed by atoms with Crippen LogP contribution in [0.3, 0.4) is 0 Å². The molecule has 2 nitrogen and oxygen atoms in total. The zero-order valence-corrected chi connectivity index (χ0v) is 13.5. The van der Waals surface area contributed by atoms with Gasteiger partial charge in [-0.05, 0) is 44.9 Å². The van der Waals surface area contributed by atoms with Crippen molar-refractivity contribution >= 4 is 11.3 Å². The van der Waals surface area contributed by atoms with Crippen LogP contribution < -0.4 is 0 Å². The molecular formula is C16H27NOS. The van der Waals surface area contributed by atoms with Gasteiger partial charge in [0.1, 0.15) is 0 Å². The van der Waals surface area contributed by atoms with E-state index in [9.17, 15) is 5.11 Å². The molecule has 0 amide bonds. The number of rotatable bonds is 3. The lowest BCUT2D eigenvalue weighted by Crippen LogP contribution is -2.30. The minimum Gasteiger partial charge on any atom is -0.389 e. The molecule has 2 rings (SSSR count). The standard InChI is InChI=1S/C16H27NOS/c1-11(2)14-6-5-8-16(18,9-7-14)10-15-17-12(3)13(4)19-15/h11,14,18H,5-10H2,1-4H3. The fraction of sp³-hybridized carbons (Fsp3) is 0.812. The summed E-state index contributed by atoms with van der Waals surface area (Å²) >= 11 is 1.75. The summed E-state index contributed by atoms with van der Waals surface area (Å²) < 4.78 is 0. The maximum Gasteiger partial charge on any atom is 0.0959 e. The molecule has 108 valence electrons. The number of thiazole rings is 1. The lowest BCUT2D eigenvalue weighted by atomic mass is 9.87. The van der Waals surface area contributed by atoms with Crippen LogP contribution in [-0.2, 0) is 6.42 Å². The summed E-state index contributed by atoms with van der Waals surface area (Å²) in [4.78, 5) is 5.88. The second-order valence-corrected chi connectivity index (χ2v) is 7.87. The number of aryl methyl sites for hydroxylation is 2. The highest BCUT2D eigenvalue weighted by atomic mass is 32.1. The van der Waals surface area contributed by atoms with Gasteiger partial charge in [0.2, 0.25) is 0 Å². The summed E-state index contributed by atoms with van der Waals surface area (Å²) in [6, 6.07) is 0. The van der Waals surface area contributed by atoms with Crippen molar-refractivity contribution in [2.45, 2.75) is 71.8 Å². The summed E-state index contributed by atoms with van der Waals surface area (Å²) in [5.74, 6) is 1.53. The maximum absolute atomic E-state index is 10.9. The fourth-order valence-corrected chi connectivity index (χ4v) is 4.23. The third kappa shape index (κ3) is 3.79. The van der Waals surface area contributed by atoms with Gasteiger partial charge in [-0.2, -0.15) is 0 Å². The summed E-state index contributed by atoms with van der Waals surface area (Å²) in [5, 5.41) is 12.0. The van der Waals surface area contributed by atoms with E-state index < -0.39 is 5.60 Å². The molecule has 1 heterocycles. The van der Waals surface area contributed by atoms with Crippen LogP contribution in [-0.4, -0.2) is 15.7 Å². The molecule has 0 aliphatic heterocycles. The van der Waals surface area contributed by atoms with Crippen LogP contribution in [0, 0.1) is 25.7 Å². The van der Waals surface area contributed by atoms with Crippen molar-refractivity contribution in [3.63, 3.8) is 0 Å². The average Bonchev–Trinajstić information content (AvgIpc) is 2.51. The van der Waals surface area contributed by atoms with E-state index in [0.29, 0.717) is 0 Å². The molecule has 1 fully saturated rings. The Kier molecular flexibility index (Phi) is 4.67. The molecule has 1 aliphatic rings. The Labute approximate surface area is 121 Å². The van der Waals surface area contributed by atoms with Gasteiger partial charge in [-0.3, -0.25) is 0 Å². The van der Waals surface area contributed by atoms with Crippen molar-refractivity contribution in [1.29, 1.82) is 0 Å². The van der Waals surface area contributed by atoms with Gasteiger partial charge in [-0.15, -0.1) is 11.3 Å². The Morgan fingerprint density at radius 1 is 1.32 bits per heavy atom. The zero-order valence-electron chi connectivity index (χ0n) is 12.7. The Hall–Kier alpha value is -0.410. The van der Waals surface area contributed by atoms with Gasteiger partial charge in [0.15, 0.2) is 0 Å². The molecular weight excluding hydrogens is 254 g/mol. The fourth-order valence-electron chi connectivity index (χ4n) is 3.16. The van der Waals surface area contributed by atoms with Gasteiger partial charge in [-0.25, -0.2) is 4.98 Å². The van der Waals surface area contributed by atoms with Crippen LogP contribution >= 0.6 is 11.3 Å². The minimum atomic E-state index is -0.514. The third-order valence-corrected chi connectivity index (χ3v) is 5.77. The van der Waals surface area contributed by atoms with E-state index in [2.05, 4.69) is 32.7 Å². The van der Waals surface area contributed by atoms with Crippen molar-refractivity contribution in [3.05, 3.63) is 15.6 Å². The first-order chi connectivity index (χ1) is 8.89. The van der Waals surface area contributed by atoms with Crippen molar-refractivity contribution in [3.8, 4) is 0 Å². The molecule has 1 aromatic heterocycles. The van der Waals surface area contributed by atoms with Crippen molar-refractivity contribution < 1.29 is 5.11 Å². The van der Waals surface area contributed by atoms with Gasteiger partial charge in [0.25, 0.3) is 0 Å². The van der Waals surface area contributed by atoms with Gasteiger partial charge >= 0.3 is 0 Å². The highest BCUT2D eigenvalue weighted by Crippen LogP contribution is 2.36. The van der Waals surface area contributed by atoms with Crippen LogP contribution in [0.15, 0.2) is 0 Å². The van der Waals surface area contributed by atoms with E-state index in [1.807, 2.05) is 0 Å². The second-order valence-electron chi connectivity index (χ2n) is 6.59. The highest BCUT2D eigenvalue weighted by molar-refractivity contribution is 7.11. The first kappa shape index (κ1) is 15.0. The molecule has 2 unspecified atom stereocenters. The number of hydrogen-bond acceptors (Lipinski definition) is 3. The SMILES string of the molecule is Cc1nc(CC2(O)CCCC(C(C)C)CC2)sc1C. The van der Waals surface area contributed by atoms with Crippen LogP contribution in [0.2, 0.25) is 0 Å². The van der Waals surface area contributed by atoms with Gasteiger partial charge in [0, 0.05) is 11.3 Å². The first-order valence-corrected chi connectivity index (χ1v) is 8.36. The van der Waals surface area contributed by atoms with E-state index >= 15 is 0 Å². The highest BCUT2D eigenvalue weighted by Gasteiger charge is 2.32. The molecule has 0 radical (unpaired) electrons. The van der Waals surface area contributed by atoms with E-state index in [4.69, 9.17) is 0 Å². The average molecular weight is 281 g/mol. The normalized spacial score (nSPS) is 28.6. The second kappa shape index (κ2) is 5.92. The molecule has 1 N–H and O–H groups in total. The molecule has 0 bridgehead atoms. The third-order valence-electron chi connectivity index (χ3n) is 4.69. The number of aliphatic hydroxyl groups is 1. The Bertz CT molecular complexity index is 407. The zero-order chi connectivity index (χ0) is 14.0. The van der Waals surface area contributed by atoms with E-state index in [0.717, 1.165) is 54.6 Å². The van der Waals surface area contributed by atoms with Crippen molar-refractivity contribution in [2.24, 2.45) is 11.8 Å². The Morgan fingerprint density at radius 2 is 2.05 bits per heavy atom. The summed E-state index contributed by atoms with van der Waals surface area (Å²) in [7, 11) is 0. The predicted molar refractivity (Wildman–Crippen MR) is 81.7 cm³/mol. The van der Waals surface area contributed by atoms with Crippen LogP contribution in [0.1, 0.15) is 61.5 Å². The van der Waals surface area contributed by atoms with Gasteiger partial charge < -0.3 is 5.11 Å². The Morgan fingerprint density at radius 3 is 2.63 bits per heavy atom. The summed E-state index contributed by atoms with van der Waals surface area (Å²) in [6.07, 6.45) is 6.22. The van der Waals surface area contributed by atoms with E-state index in [-0.39, 0.29) is 0 Å². The van der Waals surface area contributed by atoms with Crippen LogP contribution in [0.4, 0.5) is 0 Å². The molecule has 19 heavy (non-hydrogen) atoms. The molecule has 1 aromatic rings. The van der Waals surface area contributed by atoms with Crippen LogP contribution in [0.25, 0.3) is 0 Å².